The van der Waals surface area contributed by atoms with E-state index in [1.807, 2.05) is 67.2 Å². The predicted molar refractivity (Wildman–Crippen MR) is 96.7 cm³/mol. The third kappa shape index (κ3) is 4.11. The van der Waals surface area contributed by atoms with Gasteiger partial charge < -0.3 is 5.32 Å². The van der Waals surface area contributed by atoms with Crippen LogP contribution >= 0.6 is 12.2 Å². The van der Waals surface area contributed by atoms with Crippen LogP contribution in [0.2, 0.25) is 0 Å². The van der Waals surface area contributed by atoms with E-state index in [0.29, 0.717) is 17.1 Å². The fraction of sp³-hybridized carbons (Fsp3) is 0.211. The molecule has 23 heavy (non-hydrogen) atoms. The fourth-order valence-corrected chi connectivity index (χ4v) is 2.61. The predicted octanol–water partition coefficient (Wildman–Crippen LogP) is 3.12. The smallest absolute Gasteiger partial charge is 0.270 e. The summed E-state index contributed by atoms with van der Waals surface area (Å²) in [6, 6.07) is 10.9. The summed E-state index contributed by atoms with van der Waals surface area (Å²) < 4.78 is 1.83. The Morgan fingerprint density at radius 1 is 1.26 bits per heavy atom. The van der Waals surface area contributed by atoms with E-state index in [0.717, 1.165) is 11.1 Å². The highest BCUT2D eigenvalue weighted by Crippen LogP contribution is 2.15. The molecule has 0 aliphatic carbocycles. The Hall–Kier alpha value is -2.33. The van der Waals surface area contributed by atoms with Crippen LogP contribution in [0.5, 0.6) is 0 Å². The van der Waals surface area contributed by atoms with Crippen molar-refractivity contribution in [1.29, 1.82) is 0 Å². The zero-order valence-electron chi connectivity index (χ0n) is 13.5. The van der Waals surface area contributed by atoms with Crippen molar-refractivity contribution in [3.8, 4) is 0 Å². The van der Waals surface area contributed by atoms with Gasteiger partial charge >= 0.3 is 0 Å². The number of carbonyl (C=O) groups is 1. The molecule has 0 bridgehead atoms. The lowest BCUT2D eigenvalue weighted by molar-refractivity contribution is -0.692. The molecule has 0 saturated heterocycles. The van der Waals surface area contributed by atoms with Crippen LogP contribution in [0.3, 0.4) is 0 Å². The minimum Gasteiger partial charge on any atom is -0.370 e. The third-order valence-electron chi connectivity index (χ3n) is 3.75. The lowest BCUT2D eigenvalue weighted by Crippen LogP contribution is -2.51. The normalized spacial score (nSPS) is 11.6. The Morgan fingerprint density at radius 3 is 2.57 bits per heavy atom. The van der Waals surface area contributed by atoms with Gasteiger partial charge in [0, 0.05) is 24.2 Å². The first-order chi connectivity index (χ1) is 11.0. The van der Waals surface area contributed by atoms with Crippen LogP contribution in [0.4, 0.5) is 0 Å². The number of nitrogens with zero attached hydrogens (tertiary/aromatic N) is 1. The number of Topliss-reactive ketones (excluding diaryl/α,β-unsaturated/α-hetero) is 1. The molecule has 1 atom stereocenters. The van der Waals surface area contributed by atoms with Crippen molar-refractivity contribution >= 4 is 23.0 Å². The zero-order valence-corrected chi connectivity index (χ0v) is 14.3. The van der Waals surface area contributed by atoms with E-state index in [1.54, 1.807) is 6.08 Å². The highest BCUT2D eigenvalue weighted by Gasteiger charge is 2.32. The van der Waals surface area contributed by atoms with E-state index in [2.05, 4.69) is 11.9 Å². The van der Waals surface area contributed by atoms with Crippen LogP contribution in [0, 0.1) is 13.8 Å². The minimum atomic E-state index is -0.562. The first kappa shape index (κ1) is 17.0. The molecule has 0 amide bonds. The van der Waals surface area contributed by atoms with Crippen molar-refractivity contribution in [2.24, 2.45) is 0 Å². The molecular formula is C19H21N2OS+. The van der Waals surface area contributed by atoms with Gasteiger partial charge in [-0.2, -0.15) is 4.57 Å². The Morgan fingerprint density at radius 2 is 1.96 bits per heavy atom. The van der Waals surface area contributed by atoms with Crippen molar-refractivity contribution in [3.63, 3.8) is 0 Å². The topological polar surface area (TPSA) is 33.0 Å². The number of thiocarbonyl (C=S) groups is 1. The summed E-state index contributed by atoms with van der Waals surface area (Å²) in [5.74, 6) is -0.0223. The largest absolute Gasteiger partial charge is 0.370 e. The van der Waals surface area contributed by atoms with E-state index in [-0.39, 0.29) is 5.78 Å². The molecule has 2 aromatic rings. The van der Waals surface area contributed by atoms with Gasteiger partial charge in [0.05, 0.1) is 0 Å². The molecule has 1 N–H and O–H groups in total. The molecule has 0 saturated carbocycles. The Kier molecular flexibility index (Phi) is 5.77. The van der Waals surface area contributed by atoms with Gasteiger partial charge in [-0.05, 0) is 31.0 Å². The average molecular weight is 325 g/mol. The molecule has 0 spiro atoms. The van der Waals surface area contributed by atoms with Gasteiger partial charge in [-0.15, -0.1) is 6.58 Å². The van der Waals surface area contributed by atoms with Crippen LogP contribution in [0.25, 0.3) is 0 Å². The molecule has 1 heterocycles. The van der Waals surface area contributed by atoms with Gasteiger partial charge in [0.1, 0.15) is 0 Å². The Balaban J connectivity index is 2.39. The average Bonchev–Trinajstić information content (AvgIpc) is 2.56. The quantitative estimate of drug-likeness (QED) is 0.383. The number of pyridine rings is 1. The van der Waals surface area contributed by atoms with E-state index < -0.39 is 6.04 Å². The maximum absolute atomic E-state index is 13.0. The molecular weight excluding hydrogens is 304 g/mol. The number of aryl methyl sites for hydroxylation is 2. The van der Waals surface area contributed by atoms with Crippen molar-refractivity contribution in [1.82, 2.24) is 5.32 Å². The van der Waals surface area contributed by atoms with Crippen LogP contribution in [0.15, 0.2) is 61.4 Å². The maximum atomic E-state index is 13.0. The summed E-state index contributed by atoms with van der Waals surface area (Å²) in [6.45, 7) is 8.24. The third-order valence-corrected chi connectivity index (χ3v) is 4.11. The van der Waals surface area contributed by atoms with Crippen molar-refractivity contribution in [2.75, 3.05) is 6.54 Å². The van der Waals surface area contributed by atoms with Crippen LogP contribution in [0.1, 0.15) is 27.5 Å². The standard InChI is InChI=1S/C19H20N2OS/c1-4-10-20-19(23)17(21-11-6-5-7-12-21)18(22)16-9-8-14(2)15(3)13-16/h4-9,11-13,17H,1,10H2,2-3H3/p+1/t17-/m1/s1. The van der Waals surface area contributed by atoms with Gasteiger partial charge in [0.15, 0.2) is 17.4 Å². The lowest BCUT2D eigenvalue weighted by atomic mass is 9.99. The van der Waals surface area contributed by atoms with Gasteiger partial charge in [-0.1, -0.05) is 36.5 Å². The summed E-state index contributed by atoms with van der Waals surface area (Å²) in [5.41, 5.74) is 2.92. The summed E-state index contributed by atoms with van der Waals surface area (Å²) in [5, 5.41) is 3.08. The molecule has 1 aromatic heterocycles. The van der Waals surface area contributed by atoms with E-state index in [4.69, 9.17) is 12.2 Å². The molecule has 0 aliphatic rings. The van der Waals surface area contributed by atoms with Crippen LogP contribution in [-0.4, -0.2) is 17.3 Å². The summed E-state index contributed by atoms with van der Waals surface area (Å²) in [6.07, 6.45) is 5.43. The number of hydrogen-bond acceptors (Lipinski definition) is 2. The number of ketones is 1. The number of nitrogens with one attached hydrogen (secondary N) is 1. The number of rotatable bonds is 6. The lowest BCUT2D eigenvalue weighted by Gasteiger charge is -2.14. The van der Waals surface area contributed by atoms with E-state index >= 15 is 0 Å². The number of aromatic nitrogens is 1. The van der Waals surface area contributed by atoms with Crippen molar-refractivity contribution in [3.05, 3.63) is 78.1 Å². The van der Waals surface area contributed by atoms with Crippen LogP contribution < -0.4 is 9.88 Å². The molecule has 1 aromatic carbocycles. The number of hydrogen-bond donors (Lipinski definition) is 1. The Bertz CT molecular complexity index is 725. The SMILES string of the molecule is C=CCNC(=S)[C@@H](C(=O)c1ccc(C)c(C)c1)[n+]1ccccc1. The summed E-state index contributed by atoms with van der Waals surface area (Å²) in [7, 11) is 0. The number of benzene rings is 1. The van der Waals surface area contributed by atoms with Gasteiger partial charge in [-0.25, -0.2) is 0 Å². The van der Waals surface area contributed by atoms with E-state index in [9.17, 15) is 4.79 Å². The second-order valence-electron chi connectivity index (χ2n) is 5.42. The maximum Gasteiger partial charge on any atom is 0.270 e. The van der Waals surface area contributed by atoms with Gasteiger partial charge in [0.2, 0.25) is 5.78 Å². The van der Waals surface area contributed by atoms with E-state index in [1.165, 1.54) is 0 Å². The molecule has 2 rings (SSSR count). The summed E-state index contributed by atoms with van der Waals surface area (Å²) >= 11 is 5.46. The fourth-order valence-electron chi connectivity index (χ4n) is 2.30. The Labute approximate surface area is 142 Å². The second kappa shape index (κ2) is 7.79. The molecule has 4 heteroatoms. The van der Waals surface area contributed by atoms with Crippen molar-refractivity contribution < 1.29 is 9.36 Å². The molecule has 0 unspecified atom stereocenters. The van der Waals surface area contributed by atoms with Gasteiger partial charge in [-0.3, -0.25) is 4.79 Å². The first-order valence-corrected chi connectivity index (χ1v) is 7.91. The molecule has 3 nitrogen and oxygen atoms in total. The van der Waals surface area contributed by atoms with Crippen molar-refractivity contribution in [2.45, 2.75) is 19.9 Å². The number of carbonyl (C=O) groups excluding carboxylic acids is 1. The molecule has 0 radical (unpaired) electrons. The van der Waals surface area contributed by atoms with Crippen LogP contribution in [-0.2, 0) is 0 Å². The molecule has 118 valence electrons. The highest BCUT2D eigenvalue weighted by atomic mass is 32.1. The summed E-state index contributed by atoms with van der Waals surface area (Å²) in [4.78, 5) is 13.5. The minimum absolute atomic E-state index is 0.0223. The monoisotopic (exact) mass is 325 g/mol. The molecule has 0 aliphatic heterocycles. The second-order valence-corrected chi connectivity index (χ2v) is 5.86. The highest BCUT2D eigenvalue weighted by molar-refractivity contribution is 7.80. The van der Waals surface area contributed by atoms with Gasteiger partial charge in [0.25, 0.3) is 6.04 Å². The first-order valence-electron chi connectivity index (χ1n) is 7.50. The zero-order chi connectivity index (χ0) is 16.8. The molecule has 0 fully saturated rings.